The lowest BCUT2D eigenvalue weighted by Gasteiger charge is -2.23. The Morgan fingerprint density at radius 1 is 1.26 bits per heavy atom. The summed E-state index contributed by atoms with van der Waals surface area (Å²) in [5, 5.41) is 0. The minimum Gasteiger partial charge on any atom is -0.496 e. The second-order valence-corrected chi connectivity index (χ2v) is 8.66. The standard InChI is InChI=1S/C20H30N2O4S/c1-16-15-19(9-10-20(16)26-3)27(24,25)21-12-14-22(17(2)23)13-11-18-7-5-4-6-8-18/h7,9-10,15,21H,4-6,8,11-14H2,1-3H3. The number of nitrogens with one attached hydrogen (secondary N) is 1. The number of rotatable bonds is 9. The van der Waals surface area contributed by atoms with Crippen LogP contribution in [-0.2, 0) is 14.8 Å². The summed E-state index contributed by atoms with van der Waals surface area (Å²) in [5.41, 5.74) is 2.16. The normalized spacial score (nSPS) is 14.6. The Bertz CT molecular complexity index is 787. The second-order valence-electron chi connectivity index (χ2n) is 6.89. The largest absolute Gasteiger partial charge is 0.496 e. The summed E-state index contributed by atoms with van der Waals surface area (Å²) in [6, 6.07) is 4.75. The number of amides is 1. The van der Waals surface area contributed by atoms with Crippen molar-refractivity contribution in [1.29, 1.82) is 0 Å². The third-order valence-corrected chi connectivity index (χ3v) is 6.34. The number of hydrogen-bond donors (Lipinski definition) is 1. The predicted octanol–water partition coefficient (Wildman–Crippen LogP) is 3.02. The van der Waals surface area contributed by atoms with Gasteiger partial charge >= 0.3 is 0 Å². The maximum atomic E-state index is 12.5. The van der Waals surface area contributed by atoms with Gasteiger partial charge in [0.25, 0.3) is 0 Å². The average Bonchev–Trinajstić information content (AvgIpc) is 2.64. The molecular weight excluding hydrogens is 364 g/mol. The summed E-state index contributed by atoms with van der Waals surface area (Å²) in [5.74, 6) is 0.611. The average molecular weight is 395 g/mol. The summed E-state index contributed by atoms with van der Waals surface area (Å²) < 4.78 is 32.7. The van der Waals surface area contributed by atoms with Crippen LogP contribution in [0.15, 0.2) is 34.7 Å². The quantitative estimate of drug-likeness (QED) is 0.653. The highest BCUT2D eigenvalue weighted by Gasteiger charge is 2.17. The van der Waals surface area contributed by atoms with Crippen LogP contribution >= 0.6 is 0 Å². The number of carbonyl (C=O) groups is 1. The Morgan fingerprint density at radius 2 is 2.04 bits per heavy atom. The molecule has 0 fully saturated rings. The molecule has 0 unspecified atom stereocenters. The van der Waals surface area contributed by atoms with Crippen LogP contribution in [0, 0.1) is 6.92 Å². The third-order valence-electron chi connectivity index (χ3n) is 4.88. The van der Waals surface area contributed by atoms with E-state index in [9.17, 15) is 13.2 Å². The molecule has 0 radical (unpaired) electrons. The van der Waals surface area contributed by atoms with Crippen molar-refractivity contribution in [3.8, 4) is 5.75 Å². The minimum absolute atomic E-state index is 0.0362. The molecule has 0 heterocycles. The Kier molecular flexibility index (Phi) is 7.86. The highest BCUT2D eigenvalue weighted by molar-refractivity contribution is 7.89. The summed E-state index contributed by atoms with van der Waals surface area (Å²) in [7, 11) is -2.07. The minimum atomic E-state index is -3.62. The summed E-state index contributed by atoms with van der Waals surface area (Å²) in [4.78, 5) is 13.8. The van der Waals surface area contributed by atoms with Crippen LogP contribution < -0.4 is 9.46 Å². The van der Waals surface area contributed by atoms with Gasteiger partial charge < -0.3 is 9.64 Å². The molecule has 1 N–H and O–H groups in total. The number of nitrogens with zero attached hydrogens (tertiary/aromatic N) is 1. The van der Waals surface area contributed by atoms with Gasteiger partial charge in [-0.25, -0.2) is 13.1 Å². The van der Waals surface area contributed by atoms with E-state index in [1.807, 2.05) is 0 Å². The molecule has 7 heteroatoms. The molecule has 2 rings (SSSR count). The number of carbonyl (C=O) groups excluding carboxylic acids is 1. The van der Waals surface area contributed by atoms with Crippen molar-refractivity contribution in [2.24, 2.45) is 0 Å². The zero-order valence-electron chi connectivity index (χ0n) is 16.5. The van der Waals surface area contributed by atoms with Gasteiger partial charge in [0, 0.05) is 26.6 Å². The molecule has 27 heavy (non-hydrogen) atoms. The SMILES string of the molecule is COc1ccc(S(=O)(=O)NCCN(CCC2=CCCCC2)C(C)=O)cc1C. The monoisotopic (exact) mass is 394 g/mol. The van der Waals surface area contributed by atoms with Gasteiger partial charge in [-0.15, -0.1) is 0 Å². The van der Waals surface area contributed by atoms with E-state index in [2.05, 4.69) is 10.8 Å². The highest BCUT2D eigenvalue weighted by Crippen LogP contribution is 2.21. The fraction of sp³-hybridized carbons (Fsp3) is 0.550. The van der Waals surface area contributed by atoms with Gasteiger partial charge in [-0.05, 0) is 62.8 Å². The molecule has 0 spiro atoms. The molecule has 1 aliphatic rings. The lowest BCUT2D eigenvalue weighted by atomic mass is 9.97. The van der Waals surface area contributed by atoms with Crippen molar-refractivity contribution in [2.45, 2.75) is 50.8 Å². The van der Waals surface area contributed by atoms with Gasteiger partial charge in [0.2, 0.25) is 15.9 Å². The van der Waals surface area contributed by atoms with Crippen LogP contribution in [0.5, 0.6) is 5.75 Å². The van der Waals surface area contributed by atoms with Crippen LogP contribution in [0.4, 0.5) is 0 Å². The van der Waals surface area contributed by atoms with E-state index in [-0.39, 0.29) is 17.3 Å². The molecule has 0 aliphatic heterocycles. The molecule has 6 nitrogen and oxygen atoms in total. The van der Waals surface area contributed by atoms with Gasteiger partial charge in [-0.2, -0.15) is 0 Å². The van der Waals surface area contributed by atoms with Crippen LogP contribution in [0.25, 0.3) is 0 Å². The van der Waals surface area contributed by atoms with Crippen LogP contribution in [0.1, 0.15) is 44.6 Å². The Hall–Kier alpha value is -1.86. The van der Waals surface area contributed by atoms with Gasteiger partial charge in [-0.1, -0.05) is 11.6 Å². The van der Waals surface area contributed by atoms with Crippen molar-refractivity contribution in [2.75, 3.05) is 26.7 Å². The van der Waals surface area contributed by atoms with Gasteiger partial charge in [0.15, 0.2) is 0 Å². The third kappa shape index (κ3) is 6.36. The van der Waals surface area contributed by atoms with Crippen molar-refractivity contribution in [3.05, 3.63) is 35.4 Å². The summed E-state index contributed by atoms with van der Waals surface area (Å²) >= 11 is 0. The molecule has 0 aromatic heterocycles. The second kappa shape index (κ2) is 9.90. The number of allylic oxidation sites excluding steroid dienone is 1. The molecule has 0 saturated carbocycles. The zero-order valence-corrected chi connectivity index (χ0v) is 17.3. The van der Waals surface area contributed by atoms with E-state index in [0.29, 0.717) is 18.8 Å². The Labute approximate surface area is 162 Å². The number of hydrogen-bond acceptors (Lipinski definition) is 4. The molecule has 1 amide bonds. The first-order chi connectivity index (χ1) is 12.8. The molecular formula is C20H30N2O4S. The van der Waals surface area contributed by atoms with Crippen molar-refractivity contribution in [3.63, 3.8) is 0 Å². The van der Waals surface area contributed by atoms with Crippen molar-refractivity contribution >= 4 is 15.9 Å². The molecule has 1 aromatic carbocycles. The molecule has 0 saturated heterocycles. The predicted molar refractivity (Wildman–Crippen MR) is 106 cm³/mol. The molecule has 1 aromatic rings. The highest BCUT2D eigenvalue weighted by atomic mass is 32.2. The van der Waals surface area contributed by atoms with Crippen LogP contribution in [0.2, 0.25) is 0 Å². The van der Waals surface area contributed by atoms with E-state index in [4.69, 9.17) is 4.74 Å². The first kappa shape index (κ1) is 21.4. The number of methoxy groups -OCH3 is 1. The topological polar surface area (TPSA) is 75.7 Å². The molecule has 1 aliphatic carbocycles. The zero-order chi connectivity index (χ0) is 19.9. The number of aryl methyl sites for hydroxylation is 1. The van der Waals surface area contributed by atoms with E-state index in [1.165, 1.54) is 31.4 Å². The van der Waals surface area contributed by atoms with E-state index >= 15 is 0 Å². The van der Waals surface area contributed by atoms with E-state index in [1.54, 1.807) is 31.1 Å². The molecule has 0 bridgehead atoms. The molecule has 0 atom stereocenters. The first-order valence-corrected chi connectivity index (χ1v) is 10.9. The Morgan fingerprint density at radius 3 is 2.63 bits per heavy atom. The maximum Gasteiger partial charge on any atom is 0.240 e. The number of ether oxygens (including phenoxy) is 1. The van der Waals surface area contributed by atoms with E-state index < -0.39 is 10.0 Å². The molecule has 150 valence electrons. The van der Waals surface area contributed by atoms with Crippen LogP contribution in [-0.4, -0.2) is 46.0 Å². The summed E-state index contributed by atoms with van der Waals surface area (Å²) in [6.07, 6.45) is 7.83. The lowest BCUT2D eigenvalue weighted by molar-refractivity contribution is -0.128. The lowest BCUT2D eigenvalue weighted by Crippen LogP contribution is -2.38. The van der Waals surface area contributed by atoms with Gasteiger partial charge in [0.1, 0.15) is 5.75 Å². The van der Waals surface area contributed by atoms with Crippen molar-refractivity contribution in [1.82, 2.24) is 9.62 Å². The fourth-order valence-electron chi connectivity index (χ4n) is 3.25. The Balaban J connectivity index is 1.90. The van der Waals surface area contributed by atoms with Crippen LogP contribution in [0.3, 0.4) is 0 Å². The number of benzene rings is 1. The van der Waals surface area contributed by atoms with Gasteiger partial charge in [0.05, 0.1) is 12.0 Å². The summed E-state index contributed by atoms with van der Waals surface area (Å²) in [6.45, 7) is 4.50. The van der Waals surface area contributed by atoms with E-state index in [0.717, 1.165) is 24.8 Å². The number of sulfonamides is 1. The smallest absolute Gasteiger partial charge is 0.240 e. The van der Waals surface area contributed by atoms with Crippen molar-refractivity contribution < 1.29 is 17.9 Å². The fourth-order valence-corrected chi connectivity index (χ4v) is 4.36. The van der Waals surface area contributed by atoms with Gasteiger partial charge in [-0.3, -0.25) is 4.79 Å². The maximum absolute atomic E-state index is 12.5. The first-order valence-electron chi connectivity index (χ1n) is 9.41.